The van der Waals surface area contributed by atoms with Gasteiger partial charge in [-0.15, -0.1) is 0 Å². The fraction of sp³-hybridized carbons (Fsp3) is 0. The van der Waals surface area contributed by atoms with Gasteiger partial charge in [-0.25, -0.2) is 0 Å². The quantitative estimate of drug-likeness (QED) is 0.772. The first kappa shape index (κ1) is 8.55. The molecule has 0 radical (unpaired) electrons. The molecular formula is C9H7IN2O. The molecule has 0 spiro atoms. The van der Waals surface area contributed by atoms with Crippen molar-refractivity contribution in [1.29, 1.82) is 0 Å². The van der Waals surface area contributed by atoms with E-state index in [-0.39, 0.29) is 0 Å². The third kappa shape index (κ3) is 1.31. The monoisotopic (exact) mass is 286 g/mol. The minimum absolute atomic E-state index is 0.393. The van der Waals surface area contributed by atoms with Crippen LogP contribution in [-0.4, -0.2) is 10.9 Å². The number of nitrogens with two attached hydrogens (primary N) is 1. The van der Waals surface area contributed by atoms with E-state index < -0.39 is 5.91 Å². The highest BCUT2D eigenvalue weighted by atomic mass is 127. The predicted molar refractivity (Wildman–Crippen MR) is 59.5 cm³/mol. The molecule has 0 atom stereocenters. The highest BCUT2D eigenvalue weighted by Crippen LogP contribution is 2.23. The number of halogens is 1. The fourth-order valence-electron chi connectivity index (χ4n) is 1.33. The van der Waals surface area contributed by atoms with Gasteiger partial charge in [0.1, 0.15) is 0 Å². The third-order valence-electron chi connectivity index (χ3n) is 1.92. The molecule has 0 saturated carbocycles. The standard InChI is InChI=1S/C9H7IN2O/c10-6-2-1-3-7-8(6)5(4-12-7)9(11)13/h1-4,12H,(H2,11,13). The van der Waals surface area contributed by atoms with Crippen molar-refractivity contribution in [3.63, 3.8) is 0 Å². The number of carbonyl (C=O) groups is 1. The van der Waals surface area contributed by atoms with Crippen molar-refractivity contribution in [3.05, 3.63) is 33.5 Å². The summed E-state index contributed by atoms with van der Waals surface area (Å²) in [5, 5.41) is 0.913. The van der Waals surface area contributed by atoms with Crippen molar-refractivity contribution < 1.29 is 4.79 Å². The number of nitrogens with one attached hydrogen (secondary N) is 1. The van der Waals surface area contributed by atoms with Crippen LogP contribution in [0.3, 0.4) is 0 Å². The molecule has 1 aromatic heterocycles. The maximum atomic E-state index is 11.0. The van der Waals surface area contributed by atoms with Crippen LogP contribution < -0.4 is 5.73 Å². The molecule has 3 nitrogen and oxygen atoms in total. The molecule has 0 aliphatic heterocycles. The number of fused-ring (bicyclic) bond motifs is 1. The number of hydrogen-bond acceptors (Lipinski definition) is 1. The van der Waals surface area contributed by atoms with Crippen molar-refractivity contribution in [2.75, 3.05) is 0 Å². The number of amides is 1. The lowest BCUT2D eigenvalue weighted by Gasteiger charge is -1.95. The molecule has 1 amide bonds. The first-order valence-electron chi connectivity index (χ1n) is 3.75. The van der Waals surface area contributed by atoms with Gasteiger partial charge in [0.05, 0.1) is 5.56 Å². The number of hydrogen-bond donors (Lipinski definition) is 2. The average molecular weight is 286 g/mol. The van der Waals surface area contributed by atoms with E-state index in [1.807, 2.05) is 18.2 Å². The highest BCUT2D eigenvalue weighted by molar-refractivity contribution is 14.1. The van der Waals surface area contributed by atoms with Crippen LogP contribution in [0.2, 0.25) is 0 Å². The molecule has 3 N–H and O–H groups in total. The lowest BCUT2D eigenvalue weighted by atomic mass is 10.2. The Balaban J connectivity index is 2.86. The molecule has 2 aromatic rings. The van der Waals surface area contributed by atoms with Crippen molar-refractivity contribution in [1.82, 2.24) is 4.98 Å². The summed E-state index contributed by atoms with van der Waals surface area (Å²) in [5.41, 5.74) is 6.73. The lowest BCUT2D eigenvalue weighted by Crippen LogP contribution is -2.10. The minimum Gasteiger partial charge on any atom is -0.366 e. The van der Waals surface area contributed by atoms with Gasteiger partial charge in [-0.3, -0.25) is 4.79 Å². The summed E-state index contributed by atoms with van der Waals surface area (Å²) < 4.78 is 1.03. The summed E-state index contributed by atoms with van der Waals surface area (Å²) in [6.07, 6.45) is 1.65. The number of H-pyrrole nitrogens is 1. The van der Waals surface area contributed by atoms with Crippen molar-refractivity contribution in [2.24, 2.45) is 5.73 Å². The Morgan fingerprint density at radius 3 is 2.92 bits per heavy atom. The van der Waals surface area contributed by atoms with E-state index in [4.69, 9.17) is 5.73 Å². The topological polar surface area (TPSA) is 58.9 Å². The number of rotatable bonds is 1. The van der Waals surface area contributed by atoms with E-state index in [9.17, 15) is 4.79 Å². The Hall–Kier alpha value is -1.04. The Bertz CT molecular complexity index is 475. The third-order valence-corrected chi connectivity index (χ3v) is 2.82. The van der Waals surface area contributed by atoms with Crippen LogP contribution in [0.4, 0.5) is 0 Å². The molecule has 13 heavy (non-hydrogen) atoms. The van der Waals surface area contributed by atoms with Crippen LogP contribution in [0, 0.1) is 3.57 Å². The van der Waals surface area contributed by atoms with E-state index in [0.29, 0.717) is 5.56 Å². The highest BCUT2D eigenvalue weighted by Gasteiger charge is 2.10. The van der Waals surface area contributed by atoms with Gasteiger partial charge in [0, 0.05) is 20.7 Å². The van der Waals surface area contributed by atoms with Gasteiger partial charge in [-0.1, -0.05) is 6.07 Å². The zero-order valence-corrected chi connectivity index (χ0v) is 8.83. The number of aromatic amines is 1. The number of carbonyl (C=O) groups excluding carboxylic acids is 1. The van der Waals surface area contributed by atoms with Gasteiger partial charge in [0.25, 0.3) is 5.91 Å². The van der Waals surface area contributed by atoms with Crippen molar-refractivity contribution in [2.45, 2.75) is 0 Å². The summed E-state index contributed by atoms with van der Waals surface area (Å²) in [6.45, 7) is 0. The van der Waals surface area contributed by atoms with Crippen LogP contribution in [0.25, 0.3) is 10.9 Å². The maximum absolute atomic E-state index is 11.0. The van der Waals surface area contributed by atoms with E-state index >= 15 is 0 Å². The van der Waals surface area contributed by atoms with Crippen LogP contribution in [0.1, 0.15) is 10.4 Å². The van der Waals surface area contributed by atoms with E-state index in [0.717, 1.165) is 14.5 Å². The van der Waals surface area contributed by atoms with Gasteiger partial charge >= 0.3 is 0 Å². The van der Waals surface area contributed by atoms with Gasteiger partial charge in [-0.05, 0) is 34.7 Å². The Morgan fingerprint density at radius 1 is 1.46 bits per heavy atom. The van der Waals surface area contributed by atoms with Crippen LogP contribution in [-0.2, 0) is 0 Å². The molecule has 66 valence electrons. The molecule has 0 aliphatic carbocycles. The molecule has 4 heteroatoms. The smallest absolute Gasteiger partial charge is 0.250 e. The maximum Gasteiger partial charge on any atom is 0.250 e. The van der Waals surface area contributed by atoms with Gasteiger partial charge in [0.2, 0.25) is 0 Å². The second kappa shape index (κ2) is 3.02. The molecule has 0 unspecified atom stereocenters. The fourth-order valence-corrected chi connectivity index (χ4v) is 2.12. The number of aromatic nitrogens is 1. The van der Waals surface area contributed by atoms with Crippen LogP contribution in [0.5, 0.6) is 0 Å². The first-order valence-corrected chi connectivity index (χ1v) is 4.83. The Kier molecular flexibility index (Phi) is 1.99. The molecule has 0 saturated heterocycles. The van der Waals surface area contributed by atoms with Crippen molar-refractivity contribution in [3.8, 4) is 0 Å². The van der Waals surface area contributed by atoms with Crippen LogP contribution >= 0.6 is 22.6 Å². The number of benzene rings is 1. The molecule has 2 rings (SSSR count). The second-order valence-electron chi connectivity index (χ2n) is 2.73. The minimum atomic E-state index is -0.393. The van der Waals surface area contributed by atoms with E-state index in [1.54, 1.807) is 6.20 Å². The largest absolute Gasteiger partial charge is 0.366 e. The summed E-state index contributed by atoms with van der Waals surface area (Å²) in [5.74, 6) is -0.393. The average Bonchev–Trinajstić information content (AvgIpc) is 2.49. The predicted octanol–water partition coefficient (Wildman–Crippen LogP) is 1.87. The molecular weight excluding hydrogens is 279 g/mol. The lowest BCUT2D eigenvalue weighted by molar-refractivity contribution is 0.100. The molecule has 1 heterocycles. The first-order chi connectivity index (χ1) is 6.20. The van der Waals surface area contributed by atoms with Crippen molar-refractivity contribution >= 4 is 39.4 Å². The van der Waals surface area contributed by atoms with E-state index in [2.05, 4.69) is 27.6 Å². The summed E-state index contributed by atoms with van der Waals surface area (Å²) in [7, 11) is 0. The number of primary amides is 1. The normalized spacial score (nSPS) is 10.5. The zero-order chi connectivity index (χ0) is 9.42. The van der Waals surface area contributed by atoms with Gasteiger partial charge in [-0.2, -0.15) is 0 Å². The molecule has 0 fully saturated rings. The van der Waals surface area contributed by atoms with Gasteiger partial charge in [0.15, 0.2) is 0 Å². The SMILES string of the molecule is NC(=O)c1c[nH]c2cccc(I)c12. The van der Waals surface area contributed by atoms with E-state index in [1.165, 1.54) is 0 Å². The summed E-state index contributed by atoms with van der Waals surface area (Å²) >= 11 is 2.19. The zero-order valence-electron chi connectivity index (χ0n) is 6.67. The molecule has 0 bridgehead atoms. The Morgan fingerprint density at radius 2 is 2.23 bits per heavy atom. The summed E-state index contributed by atoms with van der Waals surface area (Å²) in [4.78, 5) is 14.0. The second-order valence-corrected chi connectivity index (χ2v) is 3.89. The Labute approximate surface area is 88.5 Å². The molecule has 0 aliphatic rings. The van der Waals surface area contributed by atoms with Crippen LogP contribution in [0.15, 0.2) is 24.4 Å². The molecule has 1 aromatic carbocycles. The van der Waals surface area contributed by atoms with Gasteiger partial charge < -0.3 is 10.7 Å². The summed E-state index contributed by atoms with van der Waals surface area (Å²) in [6, 6.07) is 5.80.